The van der Waals surface area contributed by atoms with Crippen molar-refractivity contribution in [2.75, 3.05) is 0 Å². The lowest BCUT2D eigenvalue weighted by molar-refractivity contribution is 0.276. The molecule has 1 heterocycles. The van der Waals surface area contributed by atoms with Crippen LogP contribution in [0.15, 0.2) is 57.3 Å². The van der Waals surface area contributed by atoms with Gasteiger partial charge in [-0.25, -0.2) is 4.98 Å². The number of aromatic nitrogens is 3. The Morgan fingerprint density at radius 2 is 1.92 bits per heavy atom. The van der Waals surface area contributed by atoms with E-state index in [0.717, 1.165) is 11.1 Å². The van der Waals surface area contributed by atoms with Crippen LogP contribution in [0, 0.1) is 0 Å². The van der Waals surface area contributed by atoms with Gasteiger partial charge >= 0.3 is 6.01 Å². The van der Waals surface area contributed by atoms with Crippen LogP contribution in [-0.2, 0) is 6.61 Å². The van der Waals surface area contributed by atoms with E-state index in [0.29, 0.717) is 32.7 Å². The van der Waals surface area contributed by atoms with Gasteiger partial charge in [0.1, 0.15) is 18.1 Å². The maximum atomic E-state index is 9.93. The van der Waals surface area contributed by atoms with Gasteiger partial charge in [0.05, 0.1) is 10.7 Å². The highest BCUT2D eigenvalue weighted by Gasteiger charge is 2.13. The summed E-state index contributed by atoms with van der Waals surface area (Å²) in [6.07, 6.45) is 5.82. The van der Waals surface area contributed by atoms with Gasteiger partial charge in [0.2, 0.25) is 0 Å². The summed E-state index contributed by atoms with van der Waals surface area (Å²) in [6, 6.07) is 7.54. The molecular formula is C17H12Br2ClN3O2. The van der Waals surface area contributed by atoms with Crippen molar-refractivity contribution >= 4 is 49.0 Å². The van der Waals surface area contributed by atoms with Gasteiger partial charge in [-0.15, -0.1) is 5.10 Å². The van der Waals surface area contributed by atoms with Crippen molar-refractivity contribution in [1.82, 2.24) is 15.2 Å². The maximum absolute atomic E-state index is 9.93. The number of aliphatic hydroxyl groups is 1. The summed E-state index contributed by atoms with van der Waals surface area (Å²) in [6.45, 7) is 0.330. The molecule has 0 aliphatic heterocycles. The highest BCUT2D eigenvalue weighted by molar-refractivity contribution is 9.12. The molecule has 128 valence electrons. The number of ether oxygens (including phenoxy) is 1. The van der Waals surface area contributed by atoms with Crippen molar-refractivity contribution < 1.29 is 9.84 Å². The molecule has 2 aromatic rings. The van der Waals surface area contributed by atoms with Gasteiger partial charge in [0.25, 0.3) is 0 Å². The lowest BCUT2D eigenvalue weighted by Gasteiger charge is -2.05. The van der Waals surface area contributed by atoms with E-state index in [2.05, 4.69) is 47.0 Å². The third-order valence-electron chi connectivity index (χ3n) is 3.38. The Morgan fingerprint density at radius 1 is 1.16 bits per heavy atom. The maximum Gasteiger partial charge on any atom is 0.336 e. The lowest BCUT2D eigenvalue weighted by atomic mass is 10.1. The summed E-state index contributed by atoms with van der Waals surface area (Å²) in [5.41, 5.74) is 2.35. The molecule has 1 N–H and O–H groups in total. The molecular weight excluding hydrogens is 473 g/mol. The number of halogens is 3. The summed E-state index contributed by atoms with van der Waals surface area (Å²) in [7, 11) is 0. The second kappa shape index (κ2) is 8.12. The number of benzene rings is 1. The van der Waals surface area contributed by atoms with Gasteiger partial charge in [-0.3, -0.25) is 0 Å². The monoisotopic (exact) mass is 483 g/mol. The summed E-state index contributed by atoms with van der Waals surface area (Å²) in [5, 5.41) is 18.8. The number of aliphatic hydroxyl groups excluding tert-OH is 1. The summed E-state index contributed by atoms with van der Waals surface area (Å²) in [5.74, 6) is 0.162. The average molecular weight is 486 g/mol. The summed E-state index contributed by atoms with van der Waals surface area (Å²) >= 11 is 12.5. The predicted octanol–water partition coefficient (Wildman–Crippen LogP) is 5.33. The van der Waals surface area contributed by atoms with E-state index < -0.39 is 0 Å². The van der Waals surface area contributed by atoms with Crippen LogP contribution >= 0.6 is 43.5 Å². The van der Waals surface area contributed by atoms with Gasteiger partial charge in [0, 0.05) is 21.5 Å². The van der Waals surface area contributed by atoms with Crippen LogP contribution in [0.2, 0.25) is 5.02 Å². The molecule has 0 saturated carbocycles. The molecule has 1 aromatic heterocycles. The van der Waals surface area contributed by atoms with E-state index in [9.17, 15) is 5.11 Å². The Labute approximate surface area is 166 Å². The largest absolute Gasteiger partial charge is 0.506 e. The van der Waals surface area contributed by atoms with Crippen LogP contribution in [0.25, 0.3) is 5.57 Å². The first-order valence-electron chi connectivity index (χ1n) is 7.25. The van der Waals surface area contributed by atoms with Crippen LogP contribution in [0.3, 0.4) is 0 Å². The Kier molecular flexibility index (Phi) is 5.88. The molecule has 1 aliphatic rings. The fourth-order valence-corrected chi connectivity index (χ4v) is 3.31. The molecule has 5 nitrogen and oxygen atoms in total. The molecule has 0 atom stereocenters. The molecule has 0 spiro atoms. The molecule has 3 rings (SSSR count). The van der Waals surface area contributed by atoms with Crippen LogP contribution in [0.4, 0.5) is 0 Å². The molecule has 0 radical (unpaired) electrons. The van der Waals surface area contributed by atoms with Crippen molar-refractivity contribution in [1.29, 1.82) is 0 Å². The molecule has 0 bridgehead atoms. The fourth-order valence-electron chi connectivity index (χ4n) is 2.06. The molecule has 0 unspecified atom stereocenters. The van der Waals surface area contributed by atoms with E-state index in [-0.39, 0.29) is 11.8 Å². The first kappa shape index (κ1) is 18.1. The normalized spacial score (nSPS) is 14.7. The standard InChI is InChI=1S/C17H12Br2ClN3O2/c18-13-6-3-11(7-14(19)16(13)24)15-8-21-17(23-22-15)25-9-10-1-4-12(20)5-2-10/h1-5,7-8,24H,6,9H2. The molecule has 0 fully saturated rings. The second-order valence-electron chi connectivity index (χ2n) is 5.15. The van der Waals surface area contributed by atoms with Gasteiger partial charge in [0.15, 0.2) is 0 Å². The topological polar surface area (TPSA) is 68.1 Å². The number of rotatable bonds is 4. The molecule has 1 aliphatic carbocycles. The summed E-state index contributed by atoms with van der Waals surface area (Å²) in [4.78, 5) is 4.19. The van der Waals surface area contributed by atoms with Crippen molar-refractivity contribution in [3.05, 3.63) is 73.6 Å². The van der Waals surface area contributed by atoms with E-state index in [4.69, 9.17) is 16.3 Å². The van der Waals surface area contributed by atoms with Crippen LogP contribution in [-0.4, -0.2) is 20.3 Å². The van der Waals surface area contributed by atoms with Gasteiger partial charge in [-0.05, 0) is 39.7 Å². The predicted molar refractivity (Wildman–Crippen MR) is 104 cm³/mol. The van der Waals surface area contributed by atoms with Crippen molar-refractivity contribution in [2.45, 2.75) is 13.0 Å². The van der Waals surface area contributed by atoms with E-state index in [1.54, 1.807) is 24.4 Å². The SMILES string of the molecule is OC1=C(Br)CC=C(c2cnc(OCc3ccc(Cl)cc3)nn2)C=C1Br. The Hall–Kier alpha value is -1.70. The number of hydrogen-bond acceptors (Lipinski definition) is 5. The average Bonchev–Trinajstić information content (AvgIpc) is 2.75. The van der Waals surface area contributed by atoms with Crippen LogP contribution in [0.1, 0.15) is 17.7 Å². The summed E-state index contributed by atoms with van der Waals surface area (Å²) < 4.78 is 6.78. The minimum absolute atomic E-state index is 0.162. The lowest BCUT2D eigenvalue weighted by Crippen LogP contribution is -2.02. The Morgan fingerprint density at radius 3 is 2.60 bits per heavy atom. The third kappa shape index (κ3) is 4.68. The van der Waals surface area contributed by atoms with E-state index in [1.807, 2.05) is 18.2 Å². The number of nitrogens with zero attached hydrogens (tertiary/aromatic N) is 3. The van der Waals surface area contributed by atoms with Gasteiger partial charge in [-0.2, -0.15) is 0 Å². The first-order chi connectivity index (χ1) is 12.0. The molecule has 8 heteroatoms. The smallest absolute Gasteiger partial charge is 0.336 e. The highest BCUT2D eigenvalue weighted by atomic mass is 79.9. The first-order valence-corrected chi connectivity index (χ1v) is 9.22. The zero-order valence-electron chi connectivity index (χ0n) is 12.8. The van der Waals surface area contributed by atoms with E-state index >= 15 is 0 Å². The van der Waals surface area contributed by atoms with E-state index in [1.165, 1.54) is 0 Å². The van der Waals surface area contributed by atoms with Crippen molar-refractivity contribution in [2.24, 2.45) is 0 Å². The van der Waals surface area contributed by atoms with Crippen LogP contribution in [0.5, 0.6) is 6.01 Å². The minimum Gasteiger partial charge on any atom is -0.506 e. The second-order valence-corrected chi connectivity index (χ2v) is 7.40. The molecule has 0 amide bonds. The minimum atomic E-state index is 0.162. The number of allylic oxidation sites excluding steroid dienone is 5. The van der Waals surface area contributed by atoms with Gasteiger partial charge in [-0.1, -0.05) is 50.8 Å². The Balaban J connectivity index is 1.69. The fraction of sp³-hybridized carbons (Fsp3) is 0.118. The quantitative estimate of drug-likeness (QED) is 0.634. The highest BCUT2D eigenvalue weighted by Crippen LogP contribution is 2.32. The molecule has 1 aromatic carbocycles. The van der Waals surface area contributed by atoms with Crippen molar-refractivity contribution in [3.63, 3.8) is 0 Å². The zero-order chi connectivity index (χ0) is 17.8. The van der Waals surface area contributed by atoms with Gasteiger partial charge < -0.3 is 9.84 Å². The van der Waals surface area contributed by atoms with Crippen molar-refractivity contribution in [3.8, 4) is 6.01 Å². The Bertz CT molecular complexity index is 862. The number of hydrogen-bond donors (Lipinski definition) is 1. The third-order valence-corrected chi connectivity index (χ3v) is 4.94. The molecule has 25 heavy (non-hydrogen) atoms. The molecule has 0 saturated heterocycles. The zero-order valence-corrected chi connectivity index (χ0v) is 16.7. The van der Waals surface area contributed by atoms with Crippen LogP contribution < -0.4 is 4.74 Å².